The highest BCUT2D eigenvalue weighted by Gasteiger charge is 2.25. The molecule has 1 amide bonds. The Morgan fingerprint density at radius 3 is 2.68 bits per heavy atom. The Balaban J connectivity index is 1.64. The summed E-state index contributed by atoms with van der Waals surface area (Å²) in [5.41, 5.74) is 4.74. The second kappa shape index (κ2) is 8.32. The van der Waals surface area contributed by atoms with E-state index < -0.39 is 10.0 Å². The molecule has 6 nitrogen and oxygen atoms in total. The first kappa shape index (κ1) is 20.4. The number of carbonyl (C=O) groups is 1. The number of nitrogens with one attached hydrogen (secondary N) is 1. The van der Waals surface area contributed by atoms with Crippen LogP contribution in [0.2, 0.25) is 0 Å². The minimum atomic E-state index is -3.22. The van der Waals surface area contributed by atoms with Crippen LogP contribution < -0.4 is 10.1 Å². The number of fused-ring (bicyclic) bond motifs is 1. The van der Waals surface area contributed by atoms with Gasteiger partial charge < -0.3 is 10.1 Å². The van der Waals surface area contributed by atoms with Gasteiger partial charge in [0.15, 0.2) is 6.61 Å². The summed E-state index contributed by atoms with van der Waals surface area (Å²) < 4.78 is 31.4. The summed E-state index contributed by atoms with van der Waals surface area (Å²) in [7, 11) is -3.22. The molecule has 1 aliphatic heterocycles. The van der Waals surface area contributed by atoms with E-state index in [1.807, 2.05) is 50.2 Å². The first-order valence-electron chi connectivity index (χ1n) is 9.38. The fourth-order valence-electron chi connectivity index (χ4n) is 3.23. The average Bonchev–Trinajstić information content (AvgIpc) is 2.68. The van der Waals surface area contributed by atoms with Gasteiger partial charge in [-0.2, -0.15) is 4.31 Å². The summed E-state index contributed by atoms with van der Waals surface area (Å²) in [5.74, 6) is 0.532. The van der Waals surface area contributed by atoms with E-state index in [0.717, 1.165) is 22.3 Å². The summed E-state index contributed by atoms with van der Waals surface area (Å²) in [6.45, 7) is 6.32. The molecule has 0 aliphatic carbocycles. The van der Waals surface area contributed by atoms with Crippen molar-refractivity contribution in [1.82, 2.24) is 4.31 Å². The fraction of sp³-hybridized carbons (Fsp3) is 0.381. The quantitative estimate of drug-likeness (QED) is 0.806. The zero-order valence-electron chi connectivity index (χ0n) is 16.5. The molecule has 1 aliphatic rings. The van der Waals surface area contributed by atoms with E-state index in [9.17, 15) is 13.2 Å². The van der Waals surface area contributed by atoms with Crippen LogP contribution in [0, 0.1) is 13.8 Å². The number of anilines is 1. The largest absolute Gasteiger partial charge is 0.483 e. The van der Waals surface area contributed by atoms with E-state index in [1.165, 1.54) is 4.31 Å². The Morgan fingerprint density at radius 2 is 1.93 bits per heavy atom. The third-order valence-electron chi connectivity index (χ3n) is 4.93. The van der Waals surface area contributed by atoms with Crippen molar-refractivity contribution in [3.8, 4) is 5.75 Å². The van der Waals surface area contributed by atoms with Crippen LogP contribution in [-0.4, -0.2) is 37.5 Å². The number of rotatable bonds is 6. The number of sulfonamides is 1. The van der Waals surface area contributed by atoms with Gasteiger partial charge in [-0.1, -0.05) is 18.2 Å². The molecule has 0 bridgehead atoms. The Kier molecular flexibility index (Phi) is 6.05. The number of ether oxygens (including phenoxy) is 1. The highest BCUT2D eigenvalue weighted by atomic mass is 32.2. The normalized spacial score (nSPS) is 14.4. The van der Waals surface area contributed by atoms with Gasteiger partial charge in [-0.15, -0.1) is 0 Å². The SMILES string of the molecule is CCS(=O)(=O)N1CCc2ccc(NC(=O)COc3cc(C)ccc3C)cc2C1. The molecule has 2 aromatic rings. The van der Waals surface area contributed by atoms with Crippen LogP contribution in [-0.2, 0) is 27.8 Å². The molecule has 150 valence electrons. The highest BCUT2D eigenvalue weighted by molar-refractivity contribution is 7.89. The minimum Gasteiger partial charge on any atom is -0.483 e. The average molecular weight is 403 g/mol. The summed E-state index contributed by atoms with van der Waals surface area (Å²) >= 11 is 0. The summed E-state index contributed by atoms with van der Waals surface area (Å²) in [6, 6.07) is 11.5. The van der Waals surface area contributed by atoms with Gasteiger partial charge in [-0.3, -0.25) is 4.79 Å². The lowest BCUT2D eigenvalue weighted by molar-refractivity contribution is -0.118. The number of amides is 1. The van der Waals surface area contributed by atoms with Crippen LogP contribution in [0.4, 0.5) is 5.69 Å². The first-order chi connectivity index (χ1) is 13.3. The minimum absolute atomic E-state index is 0.0856. The lowest BCUT2D eigenvalue weighted by Crippen LogP contribution is -2.36. The molecule has 0 unspecified atom stereocenters. The van der Waals surface area contributed by atoms with Crippen LogP contribution in [0.25, 0.3) is 0 Å². The topological polar surface area (TPSA) is 75.7 Å². The lowest BCUT2D eigenvalue weighted by atomic mass is 10.0. The van der Waals surface area contributed by atoms with Crippen molar-refractivity contribution in [2.24, 2.45) is 0 Å². The maximum Gasteiger partial charge on any atom is 0.262 e. The van der Waals surface area contributed by atoms with Gasteiger partial charge in [0.25, 0.3) is 5.91 Å². The zero-order valence-corrected chi connectivity index (χ0v) is 17.3. The Labute approximate surface area is 166 Å². The Morgan fingerprint density at radius 1 is 1.14 bits per heavy atom. The van der Waals surface area contributed by atoms with E-state index in [-0.39, 0.29) is 18.3 Å². The molecular formula is C21H26N2O4S. The van der Waals surface area contributed by atoms with Gasteiger partial charge in [0, 0.05) is 18.8 Å². The van der Waals surface area contributed by atoms with E-state index in [2.05, 4.69) is 5.32 Å². The monoisotopic (exact) mass is 402 g/mol. The lowest BCUT2D eigenvalue weighted by Gasteiger charge is -2.28. The molecule has 0 aromatic heterocycles. The molecule has 0 fully saturated rings. The molecule has 0 spiro atoms. The number of benzene rings is 2. The van der Waals surface area contributed by atoms with Gasteiger partial charge >= 0.3 is 0 Å². The zero-order chi connectivity index (χ0) is 20.3. The second-order valence-corrected chi connectivity index (χ2v) is 9.33. The number of hydrogen-bond acceptors (Lipinski definition) is 4. The Hall–Kier alpha value is -2.38. The van der Waals surface area contributed by atoms with E-state index in [4.69, 9.17) is 4.74 Å². The van der Waals surface area contributed by atoms with Crippen molar-refractivity contribution >= 4 is 21.6 Å². The van der Waals surface area contributed by atoms with Crippen molar-refractivity contribution in [3.63, 3.8) is 0 Å². The van der Waals surface area contributed by atoms with Crippen LogP contribution in [0.5, 0.6) is 5.75 Å². The fourth-order valence-corrected chi connectivity index (χ4v) is 4.30. The predicted molar refractivity (Wildman–Crippen MR) is 110 cm³/mol. The second-order valence-electron chi connectivity index (χ2n) is 7.07. The van der Waals surface area contributed by atoms with E-state index in [0.29, 0.717) is 30.9 Å². The summed E-state index contributed by atoms with van der Waals surface area (Å²) in [6.07, 6.45) is 0.679. The molecule has 7 heteroatoms. The molecule has 2 aromatic carbocycles. The maximum atomic E-state index is 12.3. The van der Waals surface area contributed by atoms with Crippen molar-refractivity contribution in [2.75, 3.05) is 24.2 Å². The first-order valence-corrected chi connectivity index (χ1v) is 11.0. The standard InChI is InChI=1S/C21H26N2O4S/c1-4-28(25,26)23-10-9-17-7-8-19(12-18(17)13-23)22-21(24)14-27-20-11-15(2)5-6-16(20)3/h5-8,11-12H,4,9-10,13-14H2,1-3H3,(H,22,24). The van der Waals surface area contributed by atoms with E-state index in [1.54, 1.807) is 6.92 Å². The molecular weight excluding hydrogens is 376 g/mol. The van der Waals surface area contributed by atoms with Crippen LogP contribution >= 0.6 is 0 Å². The van der Waals surface area contributed by atoms with Gasteiger partial charge in [-0.05, 0) is 67.6 Å². The molecule has 1 N–H and O–H groups in total. The smallest absolute Gasteiger partial charge is 0.262 e. The van der Waals surface area contributed by atoms with Crippen LogP contribution in [0.1, 0.15) is 29.2 Å². The summed E-state index contributed by atoms with van der Waals surface area (Å²) in [4.78, 5) is 12.3. The number of hydrogen-bond donors (Lipinski definition) is 1. The van der Waals surface area contributed by atoms with Crippen molar-refractivity contribution < 1.29 is 17.9 Å². The molecule has 0 saturated heterocycles. The summed E-state index contributed by atoms with van der Waals surface area (Å²) in [5, 5.41) is 2.83. The molecule has 0 radical (unpaired) electrons. The van der Waals surface area contributed by atoms with Gasteiger partial charge in [-0.25, -0.2) is 8.42 Å². The van der Waals surface area contributed by atoms with Crippen molar-refractivity contribution in [3.05, 3.63) is 58.7 Å². The number of aryl methyl sites for hydroxylation is 2. The maximum absolute atomic E-state index is 12.3. The van der Waals surface area contributed by atoms with Gasteiger partial charge in [0.2, 0.25) is 10.0 Å². The van der Waals surface area contributed by atoms with Gasteiger partial charge in [0.05, 0.1) is 5.75 Å². The Bertz CT molecular complexity index is 986. The molecule has 1 heterocycles. The number of carbonyl (C=O) groups excluding carboxylic acids is 1. The van der Waals surface area contributed by atoms with Gasteiger partial charge in [0.1, 0.15) is 5.75 Å². The molecule has 0 atom stereocenters. The predicted octanol–water partition coefficient (Wildman–Crippen LogP) is 3.03. The van der Waals surface area contributed by atoms with Crippen LogP contribution in [0.3, 0.4) is 0 Å². The van der Waals surface area contributed by atoms with Crippen molar-refractivity contribution in [1.29, 1.82) is 0 Å². The van der Waals surface area contributed by atoms with E-state index >= 15 is 0 Å². The van der Waals surface area contributed by atoms with Crippen LogP contribution in [0.15, 0.2) is 36.4 Å². The molecule has 28 heavy (non-hydrogen) atoms. The highest BCUT2D eigenvalue weighted by Crippen LogP contribution is 2.25. The van der Waals surface area contributed by atoms with Crippen molar-refractivity contribution in [2.45, 2.75) is 33.7 Å². The third-order valence-corrected chi connectivity index (χ3v) is 6.76. The molecule has 3 rings (SSSR count). The number of nitrogens with zero attached hydrogens (tertiary/aromatic N) is 1. The molecule has 0 saturated carbocycles. The third kappa shape index (κ3) is 4.72.